The van der Waals surface area contributed by atoms with Crippen molar-refractivity contribution in [2.75, 3.05) is 13.2 Å². The van der Waals surface area contributed by atoms with E-state index in [-0.39, 0.29) is 25.4 Å². The summed E-state index contributed by atoms with van der Waals surface area (Å²) < 4.78 is 24.3. The van der Waals surface area contributed by atoms with Crippen LogP contribution in [0.5, 0.6) is 5.75 Å². The van der Waals surface area contributed by atoms with Gasteiger partial charge in [-0.15, -0.1) is 0 Å². The van der Waals surface area contributed by atoms with Crippen LogP contribution in [0.2, 0.25) is 0 Å². The molecule has 0 atom stereocenters. The fourth-order valence-corrected chi connectivity index (χ4v) is 4.29. The number of benzene rings is 1. The van der Waals surface area contributed by atoms with E-state index < -0.39 is 7.60 Å². The minimum absolute atomic E-state index is 0.247. The second-order valence-electron chi connectivity index (χ2n) is 5.83. The Morgan fingerprint density at radius 2 is 1.81 bits per heavy atom. The molecule has 0 spiro atoms. The van der Waals surface area contributed by atoms with Gasteiger partial charge in [0, 0.05) is 12.6 Å². The van der Waals surface area contributed by atoms with Gasteiger partial charge in [-0.25, -0.2) is 4.99 Å². The predicted octanol–water partition coefficient (Wildman–Crippen LogP) is 4.94. The average Bonchev–Trinajstić information content (AvgIpc) is 2.60. The number of aromatic nitrogens is 1. The summed E-state index contributed by atoms with van der Waals surface area (Å²) >= 11 is 0. The highest BCUT2D eigenvalue weighted by atomic mass is 31.2. The van der Waals surface area contributed by atoms with E-state index in [0.29, 0.717) is 11.1 Å². The molecule has 0 fully saturated rings. The van der Waals surface area contributed by atoms with Crippen molar-refractivity contribution in [2.24, 2.45) is 4.99 Å². The van der Waals surface area contributed by atoms with Crippen molar-refractivity contribution in [3.63, 3.8) is 0 Å². The third-order valence-electron chi connectivity index (χ3n) is 3.73. The quantitative estimate of drug-likeness (QED) is 0.521. The highest BCUT2D eigenvalue weighted by Gasteiger charge is 2.32. The molecule has 1 aromatic carbocycles. The van der Waals surface area contributed by atoms with Gasteiger partial charge in [0.1, 0.15) is 11.2 Å². The molecule has 26 heavy (non-hydrogen) atoms. The van der Waals surface area contributed by atoms with Gasteiger partial charge in [-0.1, -0.05) is 12.1 Å². The van der Waals surface area contributed by atoms with Crippen molar-refractivity contribution in [3.05, 3.63) is 53.3 Å². The molecule has 0 saturated carbocycles. The molecule has 0 aliphatic heterocycles. The maximum Gasteiger partial charge on any atom is 0.375 e. The smallest absolute Gasteiger partial charge is 0.375 e. The third kappa shape index (κ3) is 5.01. The van der Waals surface area contributed by atoms with Crippen molar-refractivity contribution < 1.29 is 18.7 Å². The number of aryl methyl sites for hydroxylation is 2. The molecule has 1 N–H and O–H groups in total. The fourth-order valence-electron chi connectivity index (χ4n) is 2.62. The number of nitrogens with zero attached hydrogens (tertiary/aromatic N) is 2. The summed E-state index contributed by atoms with van der Waals surface area (Å²) in [7, 11) is -3.54. The topological polar surface area (TPSA) is 81.0 Å². The zero-order chi connectivity index (χ0) is 19.2. The van der Waals surface area contributed by atoms with Crippen LogP contribution >= 0.6 is 7.60 Å². The molecule has 7 heteroatoms. The van der Waals surface area contributed by atoms with Gasteiger partial charge in [-0.05, 0) is 56.5 Å². The lowest BCUT2D eigenvalue weighted by molar-refractivity contribution is 0.232. The summed E-state index contributed by atoms with van der Waals surface area (Å²) in [5.41, 5.74) is 3.28. The standard InChI is InChI=1S/C19H25N2O4P/c1-5-24-26(23,25-6-2)18(21-17-8-7-9-20-13-17)12-16-10-14(3)19(22)15(4)11-16/h7-11,13,22H,5-6,12H2,1-4H3. The van der Waals surface area contributed by atoms with Gasteiger partial charge in [-0.3, -0.25) is 9.55 Å². The Kier molecular flexibility index (Phi) is 7.09. The van der Waals surface area contributed by atoms with Crippen molar-refractivity contribution >= 4 is 18.7 Å². The van der Waals surface area contributed by atoms with E-state index in [4.69, 9.17) is 9.05 Å². The molecule has 0 aliphatic rings. The number of pyridine rings is 1. The van der Waals surface area contributed by atoms with E-state index in [0.717, 1.165) is 16.7 Å². The maximum atomic E-state index is 13.3. The molecule has 140 valence electrons. The van der Waals surface area contributed by atoms with E-state index >= 15 is 0 Å². The monoisotopic (exact) mass is 376 g/mol. The third-order valence-corrected chi connectivity index (χ3v) is 5.82. The zero-order valence-corrected chi connectivity index (χ0v) is 16.5. The first-order chi connectivity index (χ1) is 12.4. The Bertz CT molecular complexity index is 789. The van der Waals surface area contributed by atoms with Crippen molar-refractivity contribution in [1.82, 2.24) is 4.98 Å². The Balaban J connectivity index is 2.50. The summed E-state index contributed by atoms with van der Waals surface area (Å²) in [5.74, 6) is 0.261. The number of phenols is 1. The van der Waals surface area contributed by atoms with Gasteiger partial charge < -0.3 is 14.2 Å². The highest BCUT2D eigenvalue weighted by Crippen LogP contribution is 2.51. The van der Waals surface area contributed by atoms with Crippen LogP contribution in [0.15, 0.2) is 41.7 Å². The van der Waals surface area contributed by atoms with Crippen LogP contribution in [-0.4, -0.2) is 28.8 Å². The van der Waals surface area contributed by atoms with Crippen LogP contribution < -0.4 is 0 Å². The van der Waals surface area contributed by atoms with Crippen LogP contribution in [0.3, 0.4) is 0 Å². The summed E-state index contributed by atoms with van der Waals surface area (Å²) in [5, 5.41) is 9.99. The second-order valence-corrected chi connectivity index (χ2v) is 7.85. The van der Waals surface area contributed by atoms with Crippen molar-refractivity contribution in [2.45, 2.75) is 34.1 Å². The number of hydrogen-bond acceptors (Lipinski definition) is 6. The Morgan fingerprint density at radius 1 is 1.19 bits per heavy atom. The average molecular weight is 376 g/mol. The molecule has 1 aromatic heterocycles. The van der Waals surface area contributed by atoms with E-state index in [2.05, 4.69) is 9.98 Å². The lowest BCUT2D eigenvalue weighted by atomic mass is 10.0. The number of aliphatic imine (C=N–C) groups is 1. The van der Waals surface area contributed by atoms with Crippen LogP contribution in [0.25, 0.3) is 0 Å². The largest absolute Gasteiger partial charge is 0.507 e. The van der Waals surface area contributed by atoms with Gasteiger partial charge in [0.05, 0.1) is 25.1 Å². The SMILES string of the molecule is CCOP(=O)(OCC)C(Cc1cc(C)c(O)c(C)c1)=Nc1cccnc1. The van der Waals surface area contributed by atoms with Gasteiger partial charge in [0.15, 0.2) is 0 Å². The van der Waals surface area contributed by atoms with E-state index in [9.17, 15) is 9.67 Å². The normalized spacial score (nSPS) is 12.4. The molecule has 0 amide bonds. The molecule has 0 unspecified atom stereocenters. The minimum Gasteiger partial charge on any atom is -0.507 e. The number of hydrogen-bond donors (Lipinski definition) is 1. The Morgan fingerprint density at radius 3 is 2.31 bits per heavy atom. The lowest BCUT2D eigenvalue weighted by Gasteiger charge is -2.19. The van der Waals surface area contributed by atoms with Crippen LogP contribution in [0.4, 0.5) is 5.69 Å². The first-order valence-corrected chi connectivity index (χ1v) is 10.1. The van der Waals surface area contributed by atoms with Crippen LogP contribution in [-0.2, 0) is 20.0 Å². The van der Waals surface area contributed by atoms with Gasteiger partial charge in [-0.2, -0.15) is 0 Å². The van der Waals surface area contributed by atoms with E-state index in [1.165, 1.54) is 0 Å². The van der Waals surface area contributed by atoms with Crippen molar-refractivity contribution in [3.8, 4) is 5.75 Å². The molecule has 2 rings (SSSR count). The Hall–Kier alpha value is -2.01. The molecule has 0 radical (unpaired) electrons. The van der Waals surface area contributed by atoms with Crippen LogP contribution in [0, 0.1) is 13.8 Å². The zero-order valence-electron chi connectivity index (χ0n) is 15.6. The molecule has 1 heterocycles. The summed E-state index contributed by atoms with van der Waals surface area (Å²) in [6.07, 6.45) is 3.53. The predicted molar refractivity (Wildman–Crippen MR) is 103 cm³/mol. The van der Waals surface area contributed by atoms with Crippen molar-refractivity contribution in [1.29, 1.82) is 0 Å². The lowest BCUT2D eigenvalue weighted by Crippen LogP contribution is -2.10. The Labute approximate surface area is 154 Å². The number of phenolic OH excluding ortho intramolecular Hbond substituents is 1. The maximum absolute atomic E-state index is 13.3. The minimum atomic E-state index is -3.54. The highest BCUT2D eigenvalue weighted by molar-refractivity contribution is 7.72. The molecular formula is C19H25N2O4P. The molecule has 0 saturated heterocycles. The summed E-state index contributed by atoms with van der Waals surface area (Å²) in [4.78, 5) is 8.57. The van der Waals surface area contributed by atoms with E-state index in [1.807, 2.05) is 26.0 Å². The van der Waals surface area contributed by atoms with Gasteiger partial charge in [0.2, 0.25) is 0 Å². The van der Waals surface area contributed by atoms with E-state index in [1.54, 1.807) is 38.4 Å². The summed E-state index contributed by atoms with van der Waals surface area (Å²) in [6.45, 7) is 7.68. The molecule has 0 bridgehead atoms. The van der Waals surface area contributed by atoms with Gasteiger partial charge >= 0.3 is 7.60 Å². The molecular weight excluding hydrogens is 351 g/mol. The summed E-state index contributed by atoms with van der Waals surface area (Å²) in [6, 6.07) is 7.24. The molecule has 2 aromatic rings. The molecule has 6 nitrogen and oxygen atoms in total. The first kappa shape index (κ1) is 20.3. The number of rotatable bonds is 8. The first-order valence-electron chi connectivity index (χ1n) is 8.56. The second kappa shape index (κ2) is 9.08. The number of aromatic hydroxyl groups is 1. The van der Waals surface area contributed by atoms with Gasteiger partial charge in [0.25, 0.3) is 0 Å². The van der Waals surface area contributed by atoms with Crippen LogP contribution in [0.1, 0.15) is 30.5 Å². The molecule has 0 aliphatic carbocycles. The fraction of sp³-hybridized carbons (Fsp3) is 0.368.